The molecule has 0 bridgehead atoms. The van der Waals surface area contributed by atoms with Gasteiger partial charge in [0.25, 0.3) is 0 Å². The number of carbonyl (C=O) groups excluding carboxylic acids is 2. The summed E-state index contributed by atoms with van der Waals surface area (Å²) in [5, 5.41) is 11.4. The molecule has 22 heavy (non-hydrogen) atoms. The summed E-state index contributed by atoms with van der Waals surface area (Å²) in [6.07, 6.45) is -0.871. The Balaban J connectivity index is 4.97. The molecule has 1 amide bonds. The van der Waals surface area contributed by atoms with Gasteiger partial charge in [-0.2, -0.15) is 0 Å². The van der Waals surface area contributed by atoms with Crippen LogP contribution in [0.4, 0.5) is 4.79 Å². The number of ether oxygens (including phenoxy) is 2. The second kappa shape index (κ2) is 7.47. The van der Waals surface area contributed by atoms with Gasteiger partial charge in [-0.15, -0.1) is 0 Å². The van der Waals surface area contributed by atoms with Crippen LogP contribution in [-0.4, -0.2) is 40.4 Å². The van der Waals surface area contributed by atoms with Gasteiger partial charge in [0.15, 0.2) is 0 Å². The van der Waals surface area contributed by atoms with E-state index in [0.29, 0.717) is 0 Å². The lowest BCUT2D eigenvalue weighted by atomic mass is 10.0. The quantitative estimate of drug-likeness (QED) is 0.755. The fourth-order valence-electron chi connectivity index (χ4n) is 1.49. The van der Waals surface area contributed by atoms with Crippen LogP contribution in [0.25, 0.3) is 0 Å². The second-order valence-corrected chi connectivity index (χ2v) is 7.21. The van der Waals surface area contributed by atoms with Gasteiger partial charge in [-0.3, -0.25) is 4.79 Å². The fourth-order valence-corrected chi connectivity index (χ4v) is 1.49. The van der Waals surface area contributed by atoms with Gasteiger partial charge in [-0.05, 0) is 48.0 Å². The minimum Gasteiger partial charge on any atom is -0.481 e. The average Bonchev–Trinajstić information content (AvgIpc) is 2.22. The predicted octanol–water partition coefficient (Wildman–Crippen LogP) is 2.33. The SMILES string of the molecule is C[C@H](C[C@H](NC(=O)OC(C)(C)C)C(=O)OC(C)(C)C)C(=O)O. The van der Waals surface area contributed by atoms with Crippen molar-refractivity contribution in [3.05, 3.63) is 0 Å². The van der Waals surface area contributed by atoms with Crippen molar-refractivity contribution in [2.24, 2.45) is 5.92 Å². The first-order valence-electron chi connectivity index (χ1n) is 7.16. The van der Waals surface area contributed by atoms with E-state index >= 15 is 0 Å². The molecule has 0 aliphatic heterocycles. The summed E-state index contributed by atoms with van der Waals surface area (Å²) >= 11 is 0. The van der Waals surface area contributed by atoms with E-state index in [1.54, 1.807) is 41.5 Å². The topological polar surface area (TPSA) is 102 Å². The highest BCUT2D eigenvalue weighted by Crippen LogP contribution is 2.14. The Labute approximate surface area is 131 Å². The summed E-state index contributed by atoms with van der Waals surface area (Å²) in [6.45, 7) is 11.6. The van der Waals surface area contributed by atoms with Crippen molar-refractivity contribution in [1.29, 1.82) is 0 Å². The summed E-state index contributed by atoms with van der Waals surface area (Å²) in [7, 11) is 0. The maximum atomic E-state index is 12.1. The molecule has 0 aromatic rings. The lowest BCUT2D eigenvalue weighted by molar-refractivity contribution is -0.158. The lowest BCUT2D eigenvalue weighted by Gasteiger charge is -2.26. The van der Waals surface area contributed by atoms with E-state index in [1.165, 1.54) is 6.92 Å². The van der Waals surface area contributed by atoms with Gasteiger partial charge in [-0.1, -0.05) is 6.92 Å². The third kappa shape index (κ3) is 9.20. The molecule has 0 spiro atoms. The maximum absolute atomic E-state index is 12.1. The molecule has 0 aliphatic carbocycles. The number of esters is 1. The summed E-state index contributed by atoms with van der Waals surface area (Å²) < 4.78 is 10.3. The van der Waals surface area contributed by atoms with Crippen LogP contribution < -0.4 is 5.32 Å². The number of amides is 1. The number of alkyl carbamates (subject to hydrolysis) is 1. The average molecular weight is 317 g/mol. The minimum absolute atomic E-state index is 0.0799. The van der Waals surface area contributed by atoms with Gasteiger partial charge in [0.05, 0.1) is 5.92 Å². The van der Waals surface area contributed by atoms with Crippen LogP contribution in [0.2, 0.25) is 0 Å². The summed E-state index contributed by atoms with van der Waals surface area (Å²) in [6, 6.07) is -1.08. The zero-order valence-corrected chi connectivity index (χ0v) is 14.4. The number of hydrogen-bond acceptors (Lipinski definition) is 5. The molecule has 0 saturated carbocycles. The number of carboxylic acid groups (broad SMARTS) is 1. The van der Waals surface area contributed by atoms with Gasteiger partial charge in [-0.25, -0.2) is 9.59 Å². The summed E-state index contributed by atoms with van der Waals surface area (Å²) in [5.74, 6) is -2.56. The Hall–Kier alpha value is -1.79. The highest BCUT2D eigenvalue weighted by molar-refractivity contribution is 5.82. The zero-order chi connectivity index (χ0) is 17.7. The van der Waals surface area contributed by atoms with Gasteiger partial charge in [0.1, 0.15) is 17.2 Å². The van der Waals surface area contributed by atoms with Gasteiger partial charge in [0.2, 0.25) is 0 Å². The maximum Gasteiger partial charge on any atom is 0.408 e. The molecule has 0 aromatic heterocycles. The summed E-state index contributed by atoms with van der Waals surface area (Å²) in [5.41, 5.74) is -1.46. The molecule has 0 aromatic carbocycles. The Kier molecular flexibility index (Phi) is 6.86. The van der Waals surface area contributed by atoms with Crippen molar-refractivity contribution in [3.63, 3.8) is 0 Å². The Morgan fingerprint density at radius 3 is 1.82 bits per heavy atom. The van der Waals surface area contributed by atoms with E-state index in [4.69, 9.17) is 14.6 Å². The summed E-state index contributed by atoms with van der Waals surface area (Å²) in [4.78, 5) is 34.9. The van der Waals surface area contributed by atoms with Gasteiger partial charge in [0, 0.05) is 0 Å². The molecular weight excluding hydrogens is 290 g/mol. The van der Waals surface area contributed by atoms with E-state index in [0.717, 1.165) is 0 Å². The monoisotopic (exact) mass is 317 g/mol. The normalized spacial score (nSPS) is 14.7. The first-order chi connectivity index (χ1) is 9.71. The Bertz CT molecular complexity index is 419. The lowest BCUT2D eigenvalue weighted by Crippen LogP contribution is -2.47. The van der Waals surface area contributed by atoms with Crippen LogP contribution in [0.5, 0.6) is 0 Å². The van der Waals surface area contributed by atoms with Crippen LogP contribution in [0, 0.1) is 5.92 Å². The van der Waals surface area contributed by atoms with Crippen LogP contribution in [0.3, 0.4) is 0 Å². The van der Waals surface area contributed by atoms with E-state index in [9.17, 15) is 14.4 Å². The van der Waals surface area contributed by atoms with E-state index in [-0.39, 0.29) is 6.42 Å². The largest absolute Gasteiger partial charge is 0.481 e. The smallest absolute Gasteiger partial charge is 0.408 e. The Morgan fingerprint density at radius 1 is 1.00 bits per heavy atom. The van der Waals surface area contributed by atoms with E-state index in [2.05, 4.69) is 5.32 Å². The molecule has 7 heteroatoms. The third-order valence-corrected chi connectivity index (χ3v) is 2.39. The van der Waals surface area contributed by atoms with Gasteiger partial charge >= 0.3 is 18.0 Å². The van der Waals surface area contributed by atoms with Crippen molar-refractivity contribution in [3.8, 4) is 0 Å². The highest BCUT2D eigenvalue weighted by Gasteiger charge is 2.31. The molecule has 0 unspecified atom stereocenters. The molecule has 0 heterocycles. The molecule has 0 fully saturated rings. The van der Waals surface area contributed by atoms with Crippen molar-refractivity contribution in [1.82, 2.24) is 5.32 Å². The number of hydrogen-bond donors (Lipinski definition) is 2. The van der Waals surface area contributed by atoms with Crippen molar-refractivity contribution in [2.75, 3.05) is 0 Å². The van der Waals surface area contributed by atoms with Crippen LogP contribution in [-0.2, 0) is 19.1 Å². The van der Waals surface area contributed by atoms with E-state index in [1.807, 2.05) is 0 Å². The molecule has 7 nitrogen and oxygen atoms in total. The molecule has 128 valence electrons. The fraction of sp³-hybridized carbons (Fsp3) is 0.800. The molecule has 2 N–H and O–H groups in total. The third-order valence-electron chi connectivity index (χ3n) is 2.39. The number of rotatable bonds is 5. The number of carboxylic acids is 1. The minimum atomic E-state index is -1.08. The zero-order valence-electron chi connectivity index (χ0n) is 14.4. The number of aliphatic carboxylic acids is 1. The molecule has 0 aliphatic rings. The second-order valence-electron chi connectivity index (χ2n) is 7.21. The predicted molar refractivity (Wildman–Crippen MR) is 80.4 cm³/mol. The first kappa shape index (κ1) is 20.2. The number of nitrogens with one attached hydrogen (secondary N) is 1. The van der Waals surface area contributed by atoms with Crippen LogP contribution >= 0.6 is 0 Å². The standard InChI is InChI=1S/C15H27NO6/c1-9(11(17)18)8-10(12(19)21-14(2,3)4)16-13(20)22-15(5,6)7/h9-10H,8H2,1-7H3,(H,16,20)(H,17,18)/t9-,10+/m1/s1. The van der Waals surface area contributed by atoms with Crippen molar-refractivity contribution < 1.29 is 29.0 Å². The first-order valence-corrected chi connectivity index (χ1v) is 7.16. The number of carbonyl (C=O) groups is 3. The Morgan fingerprint density at radius 2 is 1.45 bits per heavy atom. The molecule has 2 atom stereocenters. The molecular formula is C15H27NO6. The molecule has 0 radical (unpaired) electrons. The molecule has 0 rings (SSSR count). The van der Waals surface area contributed by atoms with Crippen molar-refractivity contribution in [2.45, 2.75) is 72.1 Å². The highest BCUT2D eigenvalue weighted by atomic mass is 16.6. The van der Waals surface area contributed by atoms with Crippen molar-refractivity contribution >= 4 is 18.0 Å². The van der Waals surface area contributed by atoms with E-state index < -0.39 is 41.2 Å². The van der Waals surface area contributed by atoms with Gasteiger partial charge < -0.3 is 19.9 Å². The van der Waals surface area contributed by atoms with Crippen LogP contribution in [0.15, 0.2) is 0 Å². The van der Waals surface area contributed by atoms with Crippen LogP contribution in [0.1, 0.15) is 54.9 Å². The molecule has 0 saturated heterocycles.